The second kappa shape index (κ2) is 15.5. The third kappa shape index (κ3) is 9.01. The number of nitrogens with zero attached hydrogens (tertiary/aromatic N) is 2. The van der Waals surface area contributed by atoms with E-state index in [0.717, 1.165) is 57.3 Å². The number of rotatable bonds is 13. The molecule has 2 aliphatic rings. The number of piperidine rings is 1. The monoisotopic (exact) mass is 581 g/mol. The minimum absolute atomic E-state index is 0.135. The van der Waals surface area contributed by atoms with Crippen molar-refractivity contribution in [3.63, 3.8) is 0 Å². The molecular formula is C34H48FN3O4. The zero-order valence-electron chi connectivity index (χ0n) is 25.4. The number of carbonyl (C=O) groups excluding carboxylic acids is 1. The summed E-state index contributed by atoms with van der Waals surface area (Å²) in [6, 6.07) is 16.5. The molecule has 7 nitrogen and oxygen atoms in total. The van der Waals surface area contributed by atoms with Gasteiger partial charge in [0, 0.05) is 38.3 Å². The van der Waals surface area contributed by atoms with Crippen LogP contribution in [-0.2, 0) is 16.1 Å². The second-order valence-electron chi connectivity index (χ2n) is 12.5. The lowest BCUT2D eigenvalue weighted by molar-refractivity contribution is -0.140. The molecule has 1 saturated carbocycles. The van der Waals surface area contributed by atoms with Gasteiger partial charge in [-0.25, -0.2) is 9.18 Å². The molecule has 1 heterocycles. The molecule has 4 atom stereocenters. The highest BCUT2D eigenvalue weighted by atomic mass is 19.1. The van der Waals surface area contributed by atoms with Crippen LogP contribution in [0.3, 0.4) is 0 Å². The number of hydrogen-bond donors (Lipinski definition) is 2. The van der Waals surface area contributed by atoms with Gasteiger partial charge in [0.2, 0.25) is 0 Å². The maximum atomic E-state index is 13.2. The second-order valence-corrected chi connectivity index (χ2v) is 12.5. The van der Waals surface area contributed by atoms with Crippen LogP contribution in [0.25, 0.3) is 0 Å². The predicted molar refractivity (Wildman–Crippen MR) is 163 cm³/mol. The van der Waals surface area contributed by atoms with Crippen molar-refractivity contribution in [1.82, 2.24) is 15.1 Å². The zero-order chi connectivity index (χ0) is 30.1. The molecule has 42 heavy (non-hydrogen) atoms. The maximum Gasteiger partial charge on any atom is 0.410 e. The molecule has 230 valence electrons. The third-order valence-electron chi connectivity index (χ3n) is 8.83. The first-order chi connectivity index (χ1) is 20.2. The lowest BCUT2D eigenvalue weighted by Gasteiger charge is -2.39. The standard InChI is InChI=1S/C34H48FN3O4/c1-4-16-38(34(41)42-23-25-10-12-28(35)13-11-25)30-14-17-37(18-15-30)22-27-20-29(36-32(33(39)40)19-24(2)3)21-31(27)26-8-6-5-7-9-26/h5-13,24,27,29-32,36H,4,14-23H2,1-3H3,(H,39,40)/t27?,29?,31?,32-/m1/s1. The summed E-state index contributed by atoms with van der Waals surface area (Å²) in [6.07, 6.45) is 4.87. The molecule has 0 aromatic heterocycles. The summed E-state index contributed by atoms with van der Waals surface area (Å²) < 4.78 is 18.8. The summed E-state index contributed by atoms with van der Waals surface area (Å²) in [5, 5.41) is 13.3. The number of carboxylic acids is 1. The number of likely N-dealkylation sites (tertiary alicyclic amines) is 1. The van der Waals surface area contributed by atoms with E-state index in [9.17, 15) is 19.1 Å². The zero-order valence-corrected chi connectivity index (χ0v) is 25.4. The maximum absolute atomic E-state index is 13.2. The average molecular weight is 582 g/mol. The Kier molecular flexibility index (Phi) is 11.8. The first-order valence-corrected chi connectivity index (χ1v) is 15.7. The molecule has 2 fully saturated rings. The van der Waals surface area contributed by atoms with Crippen LogP contribution >= 0.6 is 0 Å². The van der Waals surface area contributed by atoms with Gasteiger partial charge in [0.25, 0.3) is 0 Å². The smallest absolute Gasteiger partial charge is 0.410 e. The van der Waals surface area contributed by atoms with Gasteiger partial charge in [-0.3, -0.25) is 4.79 Å². The van der Waals surface area contributed by atoms with E-state index in [4.69, 9.17) is 4.74 Å². The van der Waals surface area contributed by atoms with E-state index >= 15 is 0 Å². The molecular weight excluding hydrogens is 533 g/mol. The summed E-state index contributed by atoms with van der Waals surface area (Å²) in [5.41, 5.74) is 2.10. The number of carbonyl (C=O) groups is 2. The van der Waals surface area contributed by atoms with E-state index < -0.39 is 12.0 Å². The molecule has 0 radical (unpaired) electrons. The van der Waals surface area contributed by atoms with Crippen molar-refractivity contribution in [2.45, 2.75) is 89.9 Å². The van der Waals surface area contributed by atoms with Crippen LogP contribution in [0.1, 0.15) is 76.3 Å². The van der Waals surface area contributed by atoms with Crippen molar-refractivity contribution in [3.8, 4) is 0 Å². The summed E-state index contributed by atoms with van der Waals surface area (Å²) in [6.45, 7) is 9.79. The van der Waals surface area contributed by atoms with Crippen molar-refractivity contribution in [3.05, 3.63) is 71.5 Å². The van der Waals surface area contributed by atoms with Gasteiger partial charge in [-0.05, 0) is 79.5 Å². The van der Waals surface area contributed by atoms with Gasteiger partial charge in [0.15, 0.2) is 0 Å². The summed E-state index contributed by atoms with van der Waals surface area (Å²) in [4.78, 5) is 29.4. The van der Waals surface area contributed by atoms with Crippen LogP contribution in [0.2, 0.25) is 0 Å². The fourth-order valence-corrected chi connectivity index (χ4v) is 6.79. The average Bonchev–Trinajstić information content (AvgIpc) is 3.37. The van der Waals surface area contributed by atoms with Gasteiger partial charge in [0.05, 0.1) is 0 Å². The molecule has 1 amide bonds. The first kappa shape index (κ1) is 32.0. The quantitative estimate of drug-likeness (QED) is 0.289. The van der Waals surface area contributed by atoms with E-state index in [0.29, 0.717) is 30.7 Å². The van der Waals surface area contributed by atoms with E-state index in [1.807, 2.05) is 11.0 Å². The molecule has 1 aliphatic heterocycles. The van der Waals surface area contributed by atoms with Crippen molar-refractivity contribution in [1.29, 1.82) is 0 Å². The van der Waals surface area contributed by atoms with E-state index in [1.54, 1.807) is 12.1 Å². The van der Waals surface area contributed by atoms with Gasteiger partial charge in [0.1, 0.15) is 18.5 Å². The molecule has 0 spiro atoms. The van der Waals surface area contributed by atoms with Crippen LogP contribution in [0.15, 0.2) is 54.6 Å². The van der Waals surface area contributed by atoms with Crippen LogP contribution in [0, 0.1) is 17.7 Å². The van der Waals surface area contributed by atoms with E-state index in [-0.39, 0.29) is 30.6 Å². The van der Waals surface area contributed by atoms with Crippen molar-refractivity contribution >= 4 is 12.1 Å². The lowest BCUT2D eigenvalue weighted by atomic mass is 9.88. The number of halogens is 1. The first-order valence-electron chi connectivity index (χ1n) is 15.7. The number of amides is 1. The number of nitrogens with one attached hydrogen (secondary N) is 1. The minimum atomic E-state index is -0.765. The van der Waals surface area contributed by atoms with Crippen molar-refractivity contribution < 1.29 is 23.8 Å². The lowest BCUT2D eigenvalue weighted by Crippen LogP contribution is -2.48. The van der Waals surface area contributed by atoms with Gasteiger partial charge in [-0.15, -0.1) is 0 Å². The molecule has 3 unspecified atom stereocenters. The molecule has 8 heteroatoms. The fraction of sp³-hybridized carbons (Fsp3) is 0.588. The van der Waals surface area contributed by atoms with Crippen LogP contribution in [0.5, 0.6) is 0 Å². The fourth-order valence-electron chi connectivity index (χ4n) is 6.79. The Labute approximate surface area is 250 Å². The summed E-state index contributed by atoms with van der Waals surface area (Å²) in [5.74, 6) is 0.0580. The summed E-state index contributed by atoms with van der Waals surface area (Å²) in [7, 11) is 0. The molecule has 4 rings (SSSR count). The number of ether oxygens (including phenoxy) is 1. The van der Waals surface area contributed by atoms with Crippen LogP contribution in [-0.4, -0.2) is 71.3 Å². The molecule has 1 saturated heterocycles. The normalized spacial score (nSPS) is 22.3. The Morgan fingerprint density at radius 2 is 1.76 bits per heavy atom. The van der Waals surface area contributed by atoms with Gasteiger partial charge in [-0.1, -0.05) is 63.2 Å². The van der Waals surface area contributed by atoms with Crippen molar-refractivity contribution in [2.75, 3.05) is 26.2 Å². The topological polar surface area (TPSA) is 82.1 Å². The minimum Gasteiger partial charge on any atom is -0.480 e. The Balaban J connectivity index is 1.34. The summed E-state index contributed by atoms with van der Waals surface area (Å²) >= 11 is 0. The number of benzene rings is 2. The van der Waals surface area contributed by atoms with Crippen LogP contribution < -0.4 is 5.32 Å². The van der Waals surface area contributed by atoms with Crippen molar-refractivity contribution in [2.24, 2.45) is 11.8 Å². The SMILES string of the molecule is CCCN(C(=O)OCc1ccc(F)cc1)C1CCN(CC2CC(N[C@H](CC(C)C)C(=O)O)CC2c2ccccc2)CC1. The van der Waals surface area contributed by atoms with Crippen LogP contribution in [0.4, 0.5) is 9.18 Å². The van der Waals surface area contributed by atoms with Gasteiger partial charge < -0.3 is 25.0 Å². The van der Waals surface area contributed by atoms with E-state index in [2.05, 4.69) is 55.3 Å². The Morgan fingerprint density at radius 1 is 1.07 bits per heavy atom. The highest BCUT2D eigenvalue weighted by Crippen LogP contribution is 2.41. The number of carboxylic acid groups (broad SMARTS) is 1. The number of hydrogen-bond acceptors (Lipinski definition) is 5. The predicted octanol–water partition coefficient (Wildman–Crippen LogP) is 6.29. The number of aliphatic carboxylic acids is 1. The highest BCUT2D eigenvalue weighted by molar-refractivity contribution is 5.73. The molecule has 1 aliphatic carbocycles. The Hall–Kier alpha value is -2.97. The van der Waals surface area contributed by atoms with Gasteiger partial charge in [-0.2, -0.15) is 0 Å². The molecule has 2 aromatic rings. The highest BCUT2D eigenvalue weighted by Gasteiger charge is 2.39. The molecule has 2 aromatic carbocycles. The largest absolute Gasteiger partial charge is 0.480 e. The Bertz CT molecular complexity index is 1120. The molecule has 2 N–H and O–H groups in total. The molecule has 0 bridgehead atoms. The van der Waals surface area contributed by atoms with Gasteiger partial charge >= 0.3 is 12.1 Å². The third-order valence-corrected chi connectivity index (χ3v) is 8.83. The Morgan fingerprint density at radius 3 is 2.38 bits per heavy atom. The van der Waals surface area contributed by atoms with E-state index in [1.165, 1.54) is 17.7 Å².